The Morgan fingerprint density at radius 1 is 1.14 bits per heavy atom. The molecule has 1 heterocycles. The van der Waals surface area contributed by atoms with Crippen molar-refractivity contribution in [3.05, 3.63) is 71.1 Å². The molecule has 3 nitrogen and oxygen atoms in total. The molecule has 0 aliphatic heterocycles. The number of rotatable bonds is 2. The summed E-state index contributed by atoms with van der Waals surface area (Å²) in [6.45, 7) is 0. The third-order valence-electron chi connectivity index (χ3n) is 3.41. The van der Waals surface area contributed by atoms with Crippen molar-refractivity contribution in [3.63, 3.8) is 0 Å². The van der Waals surface area contributed by atoms with Crippen LogP contribution in [-0.4, -0.2) is 17.9 Å². The van der Waals surface area contributed by atoms with Gasteiger partial charge in [0.15, 0.2) is 0 Å². The number of fused-ring (bicyclic) bond motifs is 1. The quantitative estimate of drug-likeness (QED) is 0.661. The van der Waals surface area contributed by atoms with Crippen LogP contribution in [0, 0.1) is 5.82 Å². The molecule has 0 saturated heterocycles. The minimum absolute atomic E-state index is 0.0610. The highest BCUT2D eigenvalue weighted by molar-refractivity contribution is 6.34. The molecule has 0 saturated carbocycles. The van der Waals surface area contributed by atoms with E-state index in [1.807, 2.05) is 30.3 Å². The van der Waals surface area contributed by atoms with Gasteiger partial charge in [0.05, 0.1) is 11.1 Å². The Bertz CT molecular complexity index is 852. The van der Waals surface area contributed by atoms with E-state index in [1.54, 1.807) is 19.2 Å². The predicted octanol–water partition coefficient (Wildman–Crippen LogP) is 4.30. The van der Waals surface area contributed by atoms with Gasteiger partial charge in [0.2, 0.25) is 0 Å². The molecule has 2 aromatic carbocycles. The van der Waals surface area contributed by atoms with E-state index in [4.69, 9.17) is 11.6 Å². The number of nitrogens with zero attached hydrogens (tertiary/aromatic N) is 2. The summed E-state index contributed by atoms with van der Waals surface area (Å²) in [5, 5.41) is 0.724. The molecular weight excluding hydrogens is 303 g/mol. The molecule has 1 aromatic heterocycles. The normalized spacial score (nSPS) is 10.7. The van der Waals surface area contributed by atoms with E-state index >= 15 is 0 Å². The van der Waals surface area contributed by atoms with Crippen molar-refractivity contribution in [2.45, 2.75) is 0 Å². The van der Waals surface area contributed by atoms with Crippen LogP contribution in [0.4, 0.5) is 10.1 Å². The molecule has 0 N–H and O–H groups in total. The number of anilines is 1. The lowest BCUT2D eigenvalue weighted by Gasteiger charge is -2.18. The molecule has 3 aromatic rings. The first-order valence-electron chi connectivity index (χ1n) is 6.65. The maximum Gasteiger partial charge on any atom is 0.261 e. The highest BCUT2D eigenvalue weighted by atomic mass is 35.5. The first-order valence-corrected chi connectivity index (χ1v) is 7.03. The Balaban J connectivity index is 2.04. The Morgan fingerprint density at radius 3 is 2.59 bits per heavy atom. The number of carbonyl (C=O) groups excluding carboxylic acids is 1. The number of hydrogen-bond donors (Lipinski definition) is 0. The number of carbonyl (C=O) groups is 1. The molecule has 0 bridgehead atoms. The summed E-state index contributed by atoms with van der Waals surface area (Å²) >= 11 is 6.10. The summed E-state index contributed by atoms with van der Waals surface area (Å²) in [5.74, 6) is -0.661. The number of aromatic nitrogens is 1. The number of amides is 1. The maximum atomic E-state index is 13.2. The molecular formula is C17H12ClFN2O. The van der Waals surface area contributed by atoms with Crippen molar-refractivity contribution in [2.75, 3.05) is 11.9 Å². The first kappa shape index (κ1) is 14.5. The molecule has 0 radical (unpaired) electrons. The summed E-state index contributed by atoms with van der Waals surface area (Å²) in [6, 6.07) is 15.1. The van der Waals surface area contributed by atoms with Gasteiger partial charge in [0, 0.05) is 24.2 Å². The molecule has 5 heteroatoms. The molecule has 0 atom stereocenters. The van der Waals surface area contributed by atoms with E-state index in [2.05, 4.69) is 4.98 Å². The Kier molecular flexibility index (Phi) is 3.77. The third-order valence-corrected chi connectivity index (χ3v) is 3.70. The second-order valence-corrected chi connectivity index (χ2v) is 5.22. The van der Waals surface area contributed by atoms with Gasteiger partial charge in [0.1, 0.15) is 11.0 Å². The SMILES string of the molecule is CN(C(=O)c1cc2ccc(F)cc2nc1Cl)c1ccccc1. The summed E-state index contributed by atoms with van der Waals surface area (Å²) in [7, 11) is 1.67. The summed E-state index contributed by atoms with van der Waals surface area (Å²) in [5.41, 5.74) is 1.46. The summed E-state index contributed by atoms with van der Waals surface area (Å²) in [4.78, 5) is 18.2. The Labute approximate surface area is 132 Å². The van der Waals surface area contributed by atoms with Gasteiger partial charge in [-0.05, 0) is 30.3 Å². The van der Waals surface area contributed by atoms with Gasteiger partial charge in [-0.2, -0.15) is 0 Å². The molecule has 0 aliphatic carbocycles. The topological polar surface area (TPSA) is 33.2 Å². The molecule has 110 valence electrons. The number of benzene rings is 2. The summed E-state index contributed by atoms with van der Waals surface area (Å²) < 4.78 is 13.2. The first-order chi connectivity index (χ1) is 10.6. The van der Waals surface area contributed by atoms with Gasteiger partial charge >= 0.3 is 0 Å². The lowest BCUT2D eigenvalue weighted by molar-refractivity contribution is 0.0993. The fourth-order valence-electron chi connectivity index (χ4n) is 2.22. The molecule has 1 amide bonds. The van der Waals surface area contributed by atoms with Gasteiger partial charge in [-0.1, -0.05) is 29.8 Å². The highest BCUT2D eigenvalue weighted by Crippen LogP contribution is 2.24. The van der Waals surface area contributed by atoms with Crippen LogP contribution >= 0.6 is 11.6 Å². The number of hydrogen-bond acceptors (Lipinski definition) is 2. The van der Waals surface area contributed by atoms with Crippen molar-refractivity contribution in [1.29, 1.82) is 0 Å². The van der Waals surface area contributed by atoms with E-state index in [9.17, 15) is 9.18 Å². The van der Waals surface area contributed by atoms with E-state index in [0.717, 1.165) is 5.69 Å². The molecule has 3 rings (SSSR count). The molecule has 0 spiro atoms. The maximum absolute atomic E-state index is 13.2. The third kappa shape index (κ3) is 2.65. The van der Waals surface area contributed by atoms with Gasteiger partial charge in [-0.15, -0.1) is 0 Å². The number of pyridine rings is 1. The zero-order valence-corrected chi connectivity index (χ0v) is 12.5. The zero-order valence-electron chi connectivity index (χ0n) is 11.8. The highest BCUT2D eigenvalue weighted by Gasteiger charge is 2.18. The van der Waals surface area contributed by atoms with Gasteiger partial charge in [-0.3, -0.25) is 4.79 Å². The minimum atomic E-state index is -0.392. The molecule has 0 aliphatic rings. The minimum Gasteiger partial charge on any atom is -0.311 e. The fraction of sp³-hybridized carbons (Fsp3) is 0.0588. The van der Waals surface area contributed by atoms with Crippen LogP contribution in [0.5, 0.6) is 0 Å². The number of para-hydroxylation sites is 1. The Hall–Kier alpha value is -2.46. The average Bonchev–Trinajstić information content (AvgIpc) is 2.53. The van der Waals surface area contributed by atoms with Crippen LogP contribution in [0.2, 0.25) is 5.15 Å². The average molecular weight is 315 g/mol. The lowest BCUT2D eigenvalue weighted by atomic mass is 10.1. The second-order valence-electron chi connectivity index (χ2n) is 4.86. The van der Waals surface area contributed by atoms with Crippen LogP contribution < -0.4 is 4.90 Å². The Morgan fingerprint density at radius 2 is 1.86 bits per heavy atom. The van der Waals surface area contributed by atoms with Crippen LogP contribution in [0.15, 0.2) is 54.6 Å². The number of halogens is 2. The van der Waals surface area contributed by atoms with Crippen molar-refractivity contribution >= 4 is 34.1 Å². The zero-order chi connectivity index (χ0) is 15.7. The van der Waals surface area contributed by atoms with E-state index in [1.165, 1.54) is 17.0 Å². The van der Waals surface area contributed by atoms with E-state index < -0.39 is 5.82 Å². The second kappa shape index (κ2) is 5.73. The van der Waals surface area contributed by atoms with E-state index in [0.29, 0.717) is 10.9 Å². The van der Waals surface area contributed by atoms with Gasteiger partial charge in [0.25, 0.3) is 5.91 Å². The lowest BCUT2D eigenvalue weighted by Crippen LogP contribution is -2.26. The van der Waals surface area contributed by atoms with Crippen LogP contribution in [-0.2, 0) is 0 Å². The fourth-order valence-corrected chi connectivity index (χ4v) is 2.44. The predicted molar refractivity (Wildman–Crippen MR) is 85.9 cm³/mol. The van der Waals surface area contributed by atoms with Gasteiger partial charge < -0.3 is 4.90 Å². The van der Waals surface area contributed by atoms with E-state index in [-0.39, 0.29) is 16.6 Å². The molecule has 22 heavy (non-hydrogen) atoms. The van der Waals surface area contributed by atoms with Crippen molar-refractivity contribution in [1.82, 2.24) is 4.98 Å². The smallest absolute Gasteiger partial charge is 0.261 e. The van der Waals surface area contributed by atoms with Crippen LogP contribution in [0.25, 0.3) is 10.9 Å². The van der Waals surface area contributed by atoms with Gasteiger partial charge in [-0.25, -0.2) is 9.37 Å². The van der Waals surface area contributed by atoms with Crippen LogP contribution in [0.3, 0.4) is 0 Å². The summed E-state index contributed by atoms with van der Waals surface area (Å²) in [6.07, 6.45) is 0. The van der Waals surface area contributed by atoms with Crippen molar-refractivity contribution < 1.29 is 9.18 Å². The standard InChI is InChI=1S/C17H12ClFN2O/c1-21(13-5-3-2-4-6-13)17(22)14-9-11-7-8-12(19)10-15(11)20-16(14)18/h2-10H,1H3. The molecule has 0 fully saturated rings. The monoisotopic (exact) mass is 314 g/mol. The van der Waals surface area contributed by atoms with Crippen molar-refractivity contribution in [3.8, 4) is 0 Å². The molecule has 0 unspecified atom stereocenters. The largest absolute Gasteiger partial charge is 0.311 e. The van der Waals surface area contributed by atoms with Crippen molar-refractivity contribution in [2.24, 2.45) is 0 Å². The van der Waals surface area contributed by atoms with Crippen LogP contribution in [0.1, 0.15) is 10.4 Å².